The van der Waals surface area contributed by atoms with E-state index in [9.17, 15) is 4.79 Å². The van der Waals surface area contributed by atoms with E-state index in [0.717, 1.165) is 43.3 Å². The number of carbonyl (C=O) groups excluding carboxylic acids is 1. The lowest BCUT2D eigenvalue weighted by atomic mass is 10.00. The van der Waals surface area contributed by atoms with Crippen molar-refractivity contribution >= 4 is 11.9 Å². The summed E-state index contributed by atoms with van der Waals surface area (Å²) in [6, 6.07) is 5.34. The average molecular weight is 314 g/mol. The van der Waals surface area contributed by atoms with E-state index in [2.05, 4.69) is 27.1 Å². The Labute approximate surface area is 135 Å². The number of amides is 1. The van der Waals surface area contributed by atoms with Crippen LogP contribution in [0.4, 0.5) is 5.95 Å². The van der Waals surface area contributed by atoms with Crippen LogP contribution in [0.5, 0.6) is 0 Å². The van der Waals surface area contributed by atoms with Gasteiger partial charge in [-0.15, -0.1) is 0 Å². The molecule has 0 aromatic carbocycles. The first-order chi connectivity index (χ1) is 11.1. The van der Waals surface area contributed by atoms with E-state index in [0.29, 0.717) is 18.2 Å². The highest BCUT2D eigenvalue weighted by atomic mass is 16.3. The maximum Gasteiger partial charge on any atom is 0.270 e. The Morgan fingerprint density at radius 1 is 1.39 bits per heavy atom. The van der Waals surface area contributed by atoms with Crippen LogP contribution in [-0.2, 0) is 6.54 Å². The lowest BCUT2D eigenvalue weighted by Gasteiger charge is -2.30. The number of anilines is 1. The Hall–Kier alpha value is -2.37. The fraction of sp³-hybridized carbons (Fsp3) is 0.471. The van der Waals surface area contributed by atoms with Crippen molar-refractivity contribution in [2.45, 2.75) is 33.2 Å². The van der Waals surface area contributed by atoms with E-state index >= 15 is 0 Å². The third-order valence-electron chi connectivity index (χ3n) is 4.14. The second-order valence-corrected chi connectivity index (χ2v) is 6.13. The predicted octanol–water partition coefficient (Wildman–Crippen LogP) is 2.54. The Balaban J connectivity index is 1.70. The van der Waals surface area contributed by atoms with E-state index in [4.69, 9.17) is 4.42 Å². The molecule has 1 N–H and O–H groups in total. The minimum Gasteiger partial charge on any atom is -0.467 e. The normalized spacial score (nSPS) is 15.7. The Morgan fingerprint density at radius 3 is 2.87 bits per heavy atom. The largest absolute Gasteiger partial charge is 0.467 e. The standard InChI is InChI=1S/C17H22N4O2/c1-12-5-7-21(8-6-12)17-19-13(2)10-15(20-17)16(22)18-11-14-4-3-9-23-14/h3-4,9-10,12H,5-8,11H2,1-2H3,(H,18,22). The van der Waals surface area contributed by atoms with E-state index < -0.39 is 0 Å². The van der Waals surface area contributed by atoms with Crippen LogP contribution in [0, 0.1) is 12.8 Å². The van der Waals surface area contributed by atoms with Gasteiger partial charge in [0.2, 0.25) is 5.95 Å². The summed E-state index contributed by atoms with van der Waals surface area (Å²) in [7, 11) is 0. The number of hydrogen-bond donors (Lipinski definition) is 1. The molecule has 2 aromatic heterocycles. The van der Waals surface area contributed by atoms with Crippen LogP contribution < -0.4 is 10.2 Å². The number of nitrogens with one attached hydrogen (secondary N) is 1. The average Bonchev–Trinajstić information content (AvgIpc) is 3.06. The molecular weight excluding hydrogens is 292 g/mol. The van der Waals surface area contributed by atoms with Crippen molar-refractivity contribution in [3.8, 4) is 0 Å². The molecule has 3 heterocycles. The maximum absolute atomic E-state index is 12.3. The van der Waals surface area contributed by atoms with Crippen LogP contribution in [0.15, 0.2) is 28.9 Å². The number of furan rings is 1. The molecule has 1 aliphatic heterocycles. The molecule has 122 valence electrons. The van der Waals surface area contributed by atoms with Crippen LogP contribution in [-0.4, -0.2) is 29.0 Å². The molecule has 6 heteroatoms. The van der Waals surface area contributed by atoms with Crippen LogP contribution >= 0.6 is 0 Å². The highest BCUT2D eigenvalue weighted by Crippen LogP contribution is 2.20. The molecule has 3 rings (SSSR count). The molecule has 0 unspecified atom stereocenters. The van der Waals surface area contributed by atoms with E-state index in [1.165, 1.54) is 0 Å². The summed E-state index contributed by atoms with van der Waals surface area (Å²) in [5.41, 5.74) is 1.20. The van der Waals surface area contributed by atoms with Crippen molar-refractivity contribution in [3.05, 3.63) is 41.6 Å². The SMILES string of the molecule is Cc1cc(C(=O)NCc2ccco2)nc(N2CCC(C)CC2)n1. The Morgan fingerprint density at radius 2 is 2.17 bits per heavy atom. The van der Waals surface area contributed by atoms with Crippen molar-refractivity contribution in [3.63, 3.8) is 0 Å². The Kier molecular flexibility index (Phi) is 4.60. The molecule has 0 bridgehead atoms. The van der Waals surface area contributed by atoms with Crippen LogP contribution in [0.2, 0.25) is 0 Å². The second kappa shape index (κ2) is 6.81. The van der Waals surface area contributed by atoms with Gasteiger partial charge in [-0.05, 0) is 43.9 Å². The number of piperidine rings is 1. The minimum absolute atomic E-state index is 0.210. The van der Waals surface area contributed by atoms with E-state index in [1.54, 1.807) is 18.4 Å². The quantitative estimate of drug-likeness (QED) is 0.939. The zero-order chi connectivity index (χ0) is 16.2. The molecule has 0 aliphatic carbocycles. The topological polar surface area (TPSA) is 71.3 Å². The van der Waals surface area contributed by atoms with Crippen molar-refractivity contribution in [2.75, 3.05) is 18.0 Å². The van der Waals surface area contributed by atoms with Gasteiger partial charge in [0.15, 0.2) is 0 Å². The first-order valence-corrected chi connectivity index (χ1v) is 8.03. The number of nitrogens with zero attached hydrogens (tertiary/aromatic N) is 3. The zero-order valence-corrected chi connectivity index (χ0v) is 13.6. The molecule has 23 heavy (non-hydrogen) atoms. The highest BCUT2D eigenvalue weighted by molar-refractivity contribution is 5.92. The molecule has 6 nitrogen and oxygen atoms in total. The van der Waals surface area contributed by atoms with Crippen molar-refractivity contribution in [1.82, 2.24) is 15.3 Å². The summed E-state index contributed by atoms with van der Waals surface area (Å²) in [6.07, 6.45) is 3.86. The van der Waals surface area contributed by atoms with Gasteiger partial charge in [-0.25, -0.2) is 9.97 Å². The van der Waals surface area contributed by atoms with Crippen LogP contribution in [0.1, 0.15) is 41.7 Å². The summed E-state index contributed by atoms with van der Waals surface area (Å²) in [5.74, 6) is 1.90. The lowest BCUT2D eigenvalue weighted by Crippen LogP contribution is -2.35. The molecular formula is C17H22N4O2. The van der Waals surface area contributed by atoms with Crippen molar-refractivity contribution < 1.29 is 9.21 Å². The minimum atomic E-state index is -0.210. The molecule has 0 saturated carbocycles. The van der Waals surface area contributed by atoms with Gasteiger partial charge in [-0.2, -0.15) is 0 Å². The first kappa shape index (κ1) is 15.5. The summed E-state index contributed by atoms with van der Waals surface area (Å²) >= 11 is 0. The predicted molar refractivity (Wildman–Crippen MR) is 87.3 cm³/mol. The highest BCUT2D eigenvalue weighted by Gasteiger charge is 2.20. The molecule has 0 radical (unpaired) electrons. The third-order valence-corrected chi connectivity index (χ3v) is 4.14. The lowest BCUT2D eigenvalue weighted by molar-refractivity contribution is 0.0943. The molecule has 1 fully saturated rings. The molecule has 1 aliphatic rings. The van der Waals surface area contributed by atoms with Gasteiger partial charge in [0, 0.05) is 18.8 Å². The molecule has 2 aromatic rings. The number of hydrogen-bond acceptors (Lipinski definition) is 5. The number of carbonyl (C=O) groups is 1. The van der Waals surface area contributed by atoms with Gasteiger partial charge in [-0.1, -0.05) is 6.92 Å². The smallest absolute Gasteiger partial charge is 0.270 e. The fourth-order valence-electron chi connectivity index (χ4n) is 2.69. The maximum atomic E-state index is 12.3. The van der Waals surface area contributed by atoms with Crippen molar-refractivity contribution in [1.29, 1.82) is 0 Å². The fourth-order valence-corrected chi connectivity index (χ4v) is 2.69. The second-order valence-electron chi connectivity index (χ2n) is 6.13. The molecule has 1 amide bonds. The van der Waals surface area contributed by atoms with Gasteiger partial charge < -0.3 is 14.6 Å². The Bertz CT molecular complexity index is 661. The third kappa shape index (κ3) is 3.88. The van der Waals surface area contributed by atoms with Gasteiger partial charge in [-0.3, -0.25) is 4.79 Å². The summed E-state index contributed by atoms with van der Waals surface area (Å²) in [6.45, 7) is 6.39. The van der Waals surface area contributed by atoms with Gasteiger partial charge in [0.05, 0.1) is 12.8 Å². The number of aromatic nitrogens is 2. The summed E-state index contributed by atoms with van der Waals surface area (Å²) < 4.78 is 5.22. The zero-order valence-electron chi connectivity index (χ0n) is 13.6. The first-order valence-electron chi connectivity index (χ1n) is 8.03. The van der Waals surface area contributed by atoms with E-state index in [-0.39, 0.29) is 5.91 Å². The van der Waals surface area contributed by atoms with Gasteiger partial charge in [0.1, 0.15) is 11.5 Å². The van der Waals surface area contributed by atoms with E-state index in [1.807, 2.05) is 13.0 Å². The molecule has 1 saturated heterocycles. The number of aryl methyl sites for hydroxylation is 1. The van der Waals surface area contributed by atoms with Crippen LogP contribution in [0.3, 0.4) is 0 Å². The monoisotopic (exact) mass is 314 g/mol. The summed E-state index contributed by atoms with van der Waals surface area (Å²) in [4.78, 5) is 23.4. The summed E-state index contributed by atoms with van der Waals surface area (Å²) in [5, 5.41) is 2.82. The van der Waals surface area contributed by atoms with Crippen LogP contribution in [0.25, 0.3) is 0 Å². The van der Waals surface area contributed by atoms with Gasteiger partial charge >= 0.3 is 0 Å². The number of rotatable bonds is 4. The van der Waals surface area contributed by atoms with Gasteiger partial charge in [0.25, 0.3) is 5.91 Å². The van der Waals surface area contributed by atoms with Crippen molar-refractivity contribution in [2.24, 2.45) is 5.92 Å². The molecule has 0 spiro atoms. The molecule has 0 atom stereocenters.